The molecule has 1 aliphatic heterocycles. The normalized spacial score (nSPS) is 13.5. The summed E-state index contributed by atoms with van der Waals surface area (Å²) in [5.41, 5.74) is 15.5. The van der Waals surface area contributed by atoms with E-state index < -0.39 is 0 Å². The van der Waals surface area contributed by atoms with E-state index in [0.717, 1.165) is 50.3 Å². The van der Waals surface area contributed by atoms with Crippen molar-refractivity contribution in [1.29, 1.82) is 0 Å². The van der Waals surface area contributed by atoms with Crippen molar-refractivity contribution in [3.8, 4) is 17.3 Å². The molecule has 0 spiro atoms. The molecule has 7 aromatic carbocycles. The molecule has 0 N–H and O–H groups in total. The van der Waals surface area contributed by atoms with Crippen LogP contribution in [0.5, 0.6) is 11.5 Å². The van der Waals surface area contributed by atoms with Gasteiger partial charge in [0.05, 0.1) is 0 Å². The zero-order chi connectivity index (χ0) is 53.2. The van der Waals surface area contributed by atoms with Gasteiger partial charge in [-0.3, -0.25) is 0 Å². The zero-order valence-electron chi connectivity index (χ0n) is 46.9. The first kappa shape index (κ1) is 54.1. The van der Waals surface area contributed by atoms with Crippen molar-refractivity contribution in [1.82, 2.24) is 9.55 Å². The summed E-state index contributed by atoms with van der Waals surface area (Å²) in [5, 5.41) is 2.23. The van der Waals surface area contributed by atoms with Gasteiger partial charge in [-0.05, 0) is 104 Å². The fourth-order valence-corrected chi connectivity index (χ4v) is 10.8. The molecule has 0 unspecified atom stereocenters. The fourth-order valence-electron chi connectivity index (χ4n) is 10.8. The molecule has 392 valence electrons. The molecule has 3 heterocycles. The van der Waals surface area contributed by atoms with Gasteiger partial charge in [-0.2, -0.15) is 6.07 Å². The molecule has 5 nitrogen and oxygen atoms in total. The molecule has 1 aliphatic rings. The van der Waals surface area contributed by atoms with E-state index in [0.29, 0.717) is 11.5 Å². The number of ether oxygens (including phenoxy) is 1. The molecule has 0 saturated heterocycles. The monoisotopic (exact) mass is 1180 g/mol. The third kappa shape index (κ3) is 10.3. The standard InChI is InChI=1S/C70H73N4O.Pt/c1-46(2)58-29-23-30-59(47(3)4)66(58)64-44-72(45-73(64)55-38-52(69(11,12)48-24-17-15-18-25-48)36-53(39-55)70(13,14)49-26-19-16-20-27-49)54-37-51(68(8,9)10)40-57(42-54)75-56-32-33-61-60-28-21-22-31-62(60)74(63(61)43-56)65-41-50(34-35-71-65)67(5,6)7;/h15-41,44-47H,1-14H3;/q-3;. The Bertz CT molecular complexity index is 3490. The number of pyridine rings is 1. The summed E-state index contributed by atoms with van der Waals surface area (Å²) < 4.78 is 9.20. The van der Waals surface area contributed by atoms with Crippen LogP contribution in [-0.4, -0.2) is 9.55 Å². The number of hydrogen-bond donors (Lipinski definition) is 0. The minimum atomic E-state index is -0.302. The van der Waals surface area contributed by atoms with Crippen LogP contribution in [-0.2, 0) is 42.7 Å². The van der Waals surface area contributed by atoms with Gasteiger partial charge in [0.25, 0.3) is 0 Å². The molecule has 10 rings (SSSR count). The Morgan fingerprint density at radius 3 is 1.67 bits per heavy atom. The molecule has 76 heavy (non-hydrogen) atoms. The number of benzene rings is 7. The maximum atomic E-state index is 6.98. The number of para-hydroxylation sites is 1. The van der Waals surface area contributed by atoms with Gasteiger partial charge < -0.3 is 19.1 Å². The van der Waals surface area contributed by atoms with Crippen LogP contribution in [0.25, 0.3) is 33.3 Å². The van der Waals surface area contributed by atoms with E-state index >= 15 is 0 Å². The number of hydrogen-bond acceptors (Lipinski definition) is 4. The number of fused-ring (bicyclic) bond motifs is 3. The first-order chi connectivity index (χ1) is 35.6. The molecular formula is C70H73N4OPt-3. The first-order valence-corrected chi connectivity index (χ1v) is 26.8. The summed E-state index contributed by atoms with van der Waals surface area (Å²) in [4.78, 5) is 9.62. The molecule has 0 radical (unpaired) electrons. The van der Waals surface area contributed by atoms with Crippen LogP contribution in [0.2, 0.25) is 0 Å². The topological polar surface area (TPSA) is 33.5 Å². The average molecular weight is 1180 g/mol. The van der Waals surface area contributed by atoms with E-state index in [2.05, 4.69) is 288 Å². The first-order valence-electron chi connectivity index (χ1n) is 26.8. The molecule has 0 bridgehead atoms. The number of anilines is 2. The van der Waals surface area contributed by atoms with Gasteiger partial charge >= 0.3 is 0 Å². The SMILES string of the molecule is CC(C)c1cccc(C(C)C)c1C1=CN(c2[c-]c(Oc3[c-]c4c(cc3)c3ccccc3n4-c3cc(C(C)(C)C)ccn3)cc(C(C)(C)C)c2)[CH-]N1c1cc(C(C)(C)c2ccccc2)cc(C(C)(C)c2ccccc2)c1.[Pt]. The Balaban J connectivity index is 0.00000706. The number of nitrogens with zero attached hydrogens (tertiary/aromatic N) is 4. The third-order valence-electron chi connectivity index (χ3n) is 15.6. The largest absolute Gasteiger partial charge is 0.509 e. The van der Waals surface area contributed by atoms with E-state index in [1.807, 2.05) is 12.3 Å². The quantitative estimate of drug-likeness (QED) is 0.114. The van der Waals surface area contributed by atoms with Crippen LogP contribution < -0.4 is 14.5 Å². The molecule has 0 aliphatic carbocycles. The fraction of sp³-hybridized carbons (Fsp3) is 0.286. The molecular weight excluding hydrogens is 1110 g/mol. The second kappa shape index (κ2) is 20.7. The second-order valence-corrected chi connectivity index (χ2v) is 24.3. The molecule has 2 aromatic heterocycles. The summed E-state index contributed by atoms with van der Waals surface area (Å²) >= 11 is 0. The summed E-state index contributed by atoms with van der Waals surface area (Å²) in [6, 6.07) is 64.9. The van der Waals surface area contributed by atoms with Crippen molar-refractivity contribution in [3.05, 3.63) is 239 Å². The second-order valence-electron chi connectivity index (χ2n) is 24.3. The molecule has 0 amide bonds. The van der Waals surface area contributed by atoms with Crippen molar-refractivity contribution in [2.75, 3.05) is 9.80 Å². The maximum absolute atomic E-state index is 6.98. The van der Waals surface area contributed by atoms with E-state index in [9.17, 15) is 0 Å². The van der Waals surface area contributed by atoms with E-state index in [4.69, 9.17) is 9.72 Å². The number of rotatable bonds is 12. The van der Waals surface area contributed by atoms with Crippen LogP contribution in [0.15, 0.2) is 170 Å². The average Bonchev–Trinajstić information content (AvgIpc) is 4.01. The zero-order valence-corrected chi connectivity index (χ0v) is 49.2. The van der Waals surface area contributed by atoms with Gasteiger partial charge in [-0.25, -0.2) is 4.98 Å². The van der Waals surface area contributed by atoms with Crippen LogP contribution in [0.3, 0.4) is 0 Å². The summed E-state index contributed by atoms with van der Waals surface area (Å²) in [6.07, 6.45) is 4.24. The van der Waals surface area contributed by atoms with Crippen molar-refractivity contribution in [2.24, 2.45) is 0 Å². The van der Waals surface area contributed by atoms with Gasteiger partial charge in [0.1, 0.15) is 5.82 Å². The van der Waals surface area contributed by atoms with Gasteiger partial charge in [0.15, 0.2) is 0 Å². The molecule has 0 fully saturated rings. The van der Waals surface area contributed by atoms with Crippen molar-refractivity contribution in [3.63, 3.8) is 0 Å². The number of aromatic nitrogens is 2. The van der Waals surface area contributed by atoms with E-state index in [-0.39, 0.29) is 54.6 Å². The van der Waals surface area contributed by atoms with E-state index in [1.165, 1.54) is 44.5 Å². The Hall–Kier alpha value is -6.68. The van der Waals surface area contributed by atoms with Gasteiger partial charge in [0, 0.05) is 72.1 Å². The van der Waals surface area contributed by atoms with Crippen molar-refractivity contribution >= 4 is 38.9 Å². The van der Waals surface area contributed by atoms with Crippen molar-refractivity contribution in [2.45, 2.75) is 130 Å². The van der Waals surface area contributed by atoms with Crippen LogP contribution in [0, 0.1) is 18.8 Å². The predicted molar refractivity (Wildman–Crippen MR) is 316 cm³/mol. The van der Waals surface area contributed by atoms with Crippen molar-refractivity contribution < 1.29 is 25.8 Å². The predicted octanol–water partition coefficient (Wildman–Crippen LogP) is 18.5. The van der Waals surface area contributed by atoms with Gasteiger partial charge in [-0.1, -0.05) is 206 Å². The minimum Gasteiger partial charge on any atom is -0.509 e. The molecule has 0 saturated carbocycles. The maximum Gasteiger partial charge on any atom is 0.135 e. The van der Waals surface area contributed by atoms with Crippen LogP contribution in [0.1, 0.15) is 159 Å². The summed E-state index contributed by atoms with van der Waals surface area (Å²) in [6.45, 7) is 34.4. The van der Waals surface area contributed by atoms with Gasteiger partial charge in [0.2, 0.25) is 0 Å². The Kier molecular flexibility index (Phi) is 14.7. The summed E-state index contributed by atoms with van der Waals surface area (Å²) in [7, 11) is 0. The van der Waals surface area contributed by atoms with E-state index in [1.54, 1.807) is 0 Å². The minimum absolute atomic E-state index is 0. The molecule has 9 aromatic rings. The molecule has 6 heteroatoms. The summed E-state index contributed by atoms with van der Waals surface area (Å²) in [5.74, 6) is 2.65. The molecule has 0 atom stereocenters. The smallest absolute Gasteiger partial charge is 0.135 e. The van der Waals surface area contributed by atoms with Crippen LogP contribution in [0.4, 0.5) is 11.4 Å². The van der Waals surface area contributed by atoms with Crippen LogP contribution >= 0.6 is 0 Å². The third-order valence-corrected chi connectivity index (χ3v) is 15.6. The Morgan fingerprint density at radius 1 is 0.513 bits per heavy atom. The Labute approximate surface area is 467 Å². The Morgan fingerprint density at radius 2 is 1.09 bits per heavy atom. The van der Waals surface area contributed by atoms with Gasteiger partial charge in [-0.15, -0.1) is 53.6 Å².